The highest BCUT2D eigenvalue weighted by Crippen LogP contribution is 2.25. The van der Waals surface area contributed by atoms with Gasteiger partial charge >= 0.3 is 0 Å². The Labute approximate surface area is 123 Å². The van der Waals surface area contributed by atoms with Crippen LogP contribution in [0.15, 0.2) is 28.7 Å². The topological polar surface area (TPSA) is 54.0 Å². The predicted molar refractivity (Wildman–Crippen MR) is 79.6 cm³/mol. The lowest BCUT2D eigenvalue weighted by Gasteiger charge is -2.09. The normalized spacial score (nSPS) is 13.9. The van der Waals surface area contributed by atoms with E-state index >= 15 is 0 Å². The van der Waals surface area contributed by atoms with E-state index in [1.165, 1.54) is 4.88 Å². The van der Waals surface area contributed by atoms with E-state index in [9.17, 15) is 4.79 Å². The summed E-state index contributed by atoms with van der Waals surface area (Å²) in [7, 11) is 0. The number of anilines is 1. The highest BCUT2D eigenvalue weighted by Gasteiger charge is 2.16. The summed E-state index contributed by atoms with van der Waals surface area (Å²) < 4.78 is 0.891. The maximum atomic E-state index is 12.1. The molecule has 2 N–H and O–H groups in total. The Morgan fingerprint density at radius 2 is 2.37 bits per heavy atom. The summed E-state index contributed by atoms with van der Waals surface area (Å²) in [6.07, 6.45) is 0.929. The Balaban J connectivity index is 1.77. The molecule has 3 rings (SSSR count). The molecule has 0 unspecified atom stereocenters. The number of fused-ring (bicyclic) bond motifs is 1. The van der Waals surface area contributed by atoms with Gasteiger partial charge in [-0.3, -0.25) is 10.1 Å². The Morgan fingerprint density at radius 1 is 1.47 bits per heavy atom. The number of carbonyl (C=O) groups is 1. The second-order valence-electron chi connectivity index (χ2n) is 4.28. The van der Waals surface area contributed by atoms with E-state index in [2.05, 4.69) is 31.5 Å². The Bertz CT molecular complexity index is 603. The van der Waals surface area contributed by atoms with Crippen molar-refractivity contribution >= 4 is 38.3 Å². The van der Waals surface area contributed by atoms with Crippen LogP contribution in [0.3, 0.4) is 0 Å². The predicted octanol–water partition coefficient (Wildman–Crippen LogP) is 2.80. The number of nitrogens with zero attached hydrogens (tertiary/aromatic N) is 1. The molecular weight excluding hydrogens is 326 g/mol. The fourth-order valence-electron chi connectivity index (χ4n) is 1.98. The number of carbonyl (C=O) groups excluding carboxylic acids is 1. The average molecular weight is 338 g/mol. The number of halogens is 1. The van der Waals surface area contributed by atoms with Crippen molar-refractivity contribution in [3.63, 3.8) is 0 Å². The van der Waals surface area contributed by atoms with E-state index in [0.717, 1.165) is 29.7 Å². The van der Waals surface area contributed by atoms with Crippen LogP contribution >= 0.6 is 27.3 Å². The van der Waals surface area contributed by atoms with Crippen LogP contribution in [-0.4, -0.2) is 17.4 Å². The van der Waals surface area contributed by atoms with E-state index in [1.807, 2.05) is 12.1 Å². The molecule has 1 amide bonds. The summed E-state index contributed by atoms with van der Waals surface area (Å²) in [6, 6.07) is 7.32. The van der Waals surface area contributed by atoms with Gasteiger partial charge in [0.1, 0.15) is 0 Å². The van der Waals surface area contributed by atoms with Crippen LogP contribution in [0.1, 0.15) is 20.9 Å². The minimum Gasteiger partial charge on any atom is -0.311 e. The first-order valence-electron chi connectivity index (χ1n) is 5.98. The number of rotatable bonds is 2. The van der Waals surface area contributed by atoms with E-state index in [-0.39, 0.29) is 5.91 Å². The highest BCUT2D eigenvalue weighted by molar-refractivity contribution is 9.10. The monoisotopic (exact) mass is 337 g/mol. The minimum atomic E-state index is -0.125. The van der Waals surface area contributed by atoms with E-state index in [1.54, 1.807) is 23.5 Å². The van der Waals surface area contributed by atoms with Crippen molar-refractivity contribution in [3.05, 3.63) is 44.9 Å². The third kappa shape index (κ3) is 2.86. The number of hydrogen-bond acceptors (Lipinski definition) is 4. The van der Waals surface area contributed by atoms with Gasteiger partial charge in [0.05, 0.1) is 5.69 Å². The van der Waals surface area contributed by atoms with Gasteiger partial charge in [-0.25, -0.2) is 4.98 Å². The Kier molecular flexibility index (Phi) is 3.63. The van der Waals surface area contributed by atoms with Gasteiger partial charge in [-0.15, -0.1) is 11.3 Å². The molecule has 1 aliphatic heterocycles. The smallest absolute Gasteiger partial charge is 0.257 e. The third-order valence-electron chi connectivity index (χ3n) is 2.91. The molecule has 0 saturated carbocycles. The van der Waals surface area contributed by atoms with Crippen LogP contribution in [0.2, 0.25) is 0 Å². The molecule has 0 radical (unpaired) electrons. The second-order valence-corrected chi connectivity index (χ2v) is 6.28. The van der Waals surface area contributed by atoms with E-state index < -0.39 is 0 Å². The molecule has 98 valence electrons. The molecule has 0 aliphatic carbocycles. The lowest BCUT2D eigenvalue weighted by Crippen LogP contribution is -2.22. The van der Waals surface area contributed by atoms with Crippen LogP contribution in [0, 0.1) is 0 Å². The number of hydrogen-bond donors (Lipinski definition) is 2. The SMILES string of the molecule is O=C(Nc1nc2c(s1)CNCC2)c1cccc(Br)c1. The lowest BCUT2D eigenvalue weighted by molar-refractivity contribution is 0.102. The summed E-state index contributed by atoms with van der Waals surface area (Å²) in [4.78, 5) is 17.8. The van der Waals surface area contributed by atoms with Crippen LogP contribution < -0.4 is 10.6 Å². The van der Waals surface area contributed by atoms with Crippen LogP contribution in [-0.2, 0) is 13.0 Å². The van der Waals surface area contributed by atoms with Gasteiger partial charge in [0, 0.05) is 34.4 Å². The van der Waals surface area contributed by atoms with Gasteiger partial charge < -0.3 is 5.32 Å². The molecule has 19 heavy (non-hydrogen) atoms. The molecule has 0 fully saturated rings. The van der Waals surface area contributed by atoms with Crippen molar-refractivity contribution in [1.29, 1.82) is 0 Å². The molecule has 0 atom stereocenters. The van der Waals surface area contributed by atoms with Gasteiger partial charge in [0.25, 0.3) is 5.91 Å². The standard InChI is InChI=1S/C13H12BrN3OS/c14-9-3-1-2-8(6-9)12(18)17-13-16-10-4-5-15-7-11(10)19-13/h1-3,6,15H,4-5,7H2,(H,16,17,18). The van der Waals surface area contributed by atoms with Gasteiger partial charge in [-0.1, -0.05) is 22.0 Å². The summed E-state index contributed by atoms with van der Waals surface area (Å²) >= 11 is 4.91. The van der Waals surface area contributed by atoms with Crippen molar-refractivity contribution in [2.75, 3.05) is 11.9 Å². The van der Waals surface area contributed by atoms with Gasteiger partial charge in [0.15, 0.2) is 5.13 Å². The molecule has 6 heteroatoms. The fourth-order valence-corrected chi connectivity index (χ4v) is 3.35. The summed E-state index contributed by atoms with van der Waals surface area (Å²) in [5.41, 5.74) is 1.73. The Morgan fingerprint density at radius 3 is 3.16 bits per heavy atom. The summed E-state index contributed by atoms with van der Waals surface area (Å²) in [6.45, 7) is 1.80. The largest absolute Gasteiger partial charge is 0.311 e. The third-order valence-corrected chi connectivity index (χ3v) is 4.42. The molecule has 4 nitrogen and oxygen atoms in total. The molecule has 2 aromatic rings. The summed E-state index contributed by atoms with van der Waals surface area (Å²) in [5.74, 6) is -0.125. The number of amides is 1. The van der Waals surface area contributed by atoms with Crippen molar-refractivity contribution in [2.24, 2.45) is 0 Å². The van der Waals surface area contributed by atoms with Crippen molar-refractivity contribution in [3.8, 4) is 0 Å². The zero-order valence-corrected chi connectivity index (χ0v) is 12.5. The van der Waals surface area contributed by atoms with Gasteiger partial charge in [0.2, 0.25) is 0 Å². The lowest BCUT2D eigenvalue weighted by atomic mass is 10.2. The highest BCUT2D eigenvalue weighted by atomic mass is 79.9. The van der Waals surface area contributed by atoms with Gasteiger partial charge in [-0.05, 0) is 18.2 Å². The average Bonchev–Trinajstić information content (AvgIpc) is 2.80. The molecule has 0 spiro atoms. The van der Waals surface area contributed by atoms with Gasteiger partial charge in [-0.2, -0.15) is 0 Å². The van der Waals surface area contributed by atoms with E-state index in [0.29, 0.717) is 10.7 Å². The Hall–Kier alpha value is -1.24. The molecule has 0 bridgehead atoms. The fraction of sp³-hybridized carbons (Fsp3) is 0.231. The van der Waals surface area contributed by atoms with Crippen molar-refractivity contribution < 1.29 is 4.79 Å². The number of benzene rings is 1. The molecule has 1 aliphatic rings. The van der Waals surface area contributed by atoms with E-state index in [4.69, 9.17) is 0 Å². The molecular formula is C13H12BrN3OS. The number of thiazole rings is 1. The number of nitrogens with one attached hydrogen (secondary N) is 2. The first-order chi connectivity index (χ1) is 9.22. The molecule has 0 saturated heterocycles. The number of aromatic nitrogens is 1. The minimum absolute atomic E-state index is 0.125. The first kappa shape index (κ1) is 12.8. The molecule has 1 aromatic carbocycles. The summed E-state index contributed by atoms with van der Waals surface area (Å²) in [5, 5.41) is 6.84. The first-order valence-corrected chi connectivity index (χ1v) is 7.59. The zero-order valence-electron chi connectivity index (χ0n) is 10.1. The maximum absolute atomic E-state index is 12.1. The van der Waals surface area contributed by atoms with Crippen molar-refractivity contribution in [2.45, 2.75) is 13.0 Å². The molecule has 1 aromatic heterocycles. The second kappa shape index (κ2) is 5.40. The van der Waals surface area contributed by atoms with Crippen LogP contribution in [0.25, 0.3) is 0 Å². The quantitative estimate of drug-likeness (QED) is 0.885. The maximum Gasteiger partial charge on any atom is 0.257 e. The van der Waals surface area contributed by atoms with Crippen LogP contribution in [0.5, 0.6) is 0 Å². The molecule has 2 heterocycles. The zero-order chi connectivity index (χ0) is 13.2. The van der Waals surface area contributed by atoms with Crippen LogP contribution in [0.4, 0.5) is 5.13 Å². The van der Waals surface area contributed by atoms with Crippen molar-refractivity contribution in [1.82, 2.24) is 10.3 Å².